The Morgan fingerprint density at radius 1 is 0.765 bits per heavy atom. The third kappa shape index (κ3) is 6.49. The van der Waals surface area contributed by atoms with E-state index in [0.717, 1.165) is 24.3 Å². The topological polar surface area (TPSA) is 54.5 Å². The summed E-state index contributed by atoms with van der Waals surface area (Å²) < 4.78 is 100. The Labute approximate surface area is 192 Å². The van der Waals surface area contributed by atoms with Crippen LogP contribution >= 0.6 is 0 Å². The molecule has 3 rings (SSSR count). The first-order chi connectivity index (χ1) is 15.8. The molecule has 0 aromatic heterocycles. The van der Waals surface area contributed by atoms with Gasteiger partial charge < -0.3 is 4.90 Å². The summed E-state index contributed by atoms with van der Waals surface area (Å²) in [6.45, 7) is 0.0831. The molecule has 0 aliphatic carbocycles. The van der Waals surface area contributed by atoms with Gasteiger partial charge in [-0.3, -0.25) is 4.79 Å². The van der Waals surface area contributed by atoms with Crippen molar-refractivity contribution in [1.29, 1.82) is 0 Å². The average Bonchev–Trinajstić information content (AvgIpc) is 2.75. The maximum atomic E-state index is 12.9. The summed E-state index contributed by atoms with van der Waals surface area (Å²) in [5.41, 5.74) is -0.863. The van der Waals surface area contributed by atoms with Gasteiger partial charge >= 0.3 is 12.4 Å². The van der Waals surface area contributed by atoms with E-state index in [1.807, 2.05) is 0 Å². The summed E-state index contributed by atoms with van der Waals surface area (Å²) in [5.74, 6) is -0.749. The zero-order valence-corrected chi connectivity index (χ0v) is 18.3. The van der Waals surface area contributed by atoms with Crippen molar-refractivity contribution in [3.63, 3.8) is 0 Å². The lowest BCUT2D eigenvalue weighted by molar-refractivity contribution is -0.138. The van der Waals surface area contributed by atoms with E-state index in [1.165, 1.54) is 47.4 Å². The summed E-state index contributed by atoms with van der Waals surface area (Å²) in [6.07, 6.45) is -5.19. The lowest BCUT2D eigenvalue weighted by atomic mass is 9.95. The first-order valence-electron chi connectivity index (χ1n) is 9.99. The van der Waals surface area contributed by atoms with E-state index in [0.29, 0.717) is 16.7 Å². The number of nitrogens with zero attached hydrogens (tertiary/aromatic N) is 1. The molecule has 0 bridgehead atoms. The van der Waals surface area contributed by atoms with Gasteiger partial charge in [-0.25, -0.2) is 8.42 Å². The standard InChI is InChI=1S/C23H19F6NO3S/c24-22(25,26)18-8-4-16(5-9-18)20(17-6-10-19(11-7-17)23(27,28)29)2-1-3-21(31)30-12-14-34(32,33)15-13-30/h1-11H,12-15H2/b3-1+. The first kappa shape index (κ1) is 25.5. The number of carbonyl (C=O) groups excluding carboxylic acids is 1. The van der Waals surface area contributed by atoms with E-state index < -0.39 is 39.2 Å². The van der Waals surface area contributed by atoms with Crippen molar-refractivity contribution < 1.29 is 39.6 Å². The number of hydrogen-bond donors (Lipinski definition) is 0. The average molecular weight is 503 g/mol. The zero-order valence-electron chi connectivity index (χ0n) is 17.5. The number of sulfone groups is 1. The fraction of sp³-hybridized carbons (Fsp3) is 0.261. The monoisotopic (exact) mass is 503 g/mol. The SMILES string of the molecule is O=C(/C=C/C=C(c1ccc(C(F)(F)F)cc1)c1ccc(C(F)(F)F)cc1)N1CCS(=O)(=O)CC1. The Hall–Kier alpha value is -3.08. The van der Waals surface area contributed by atoms with Crippen molar-refractivity contribution in [2.75, 3.05) is 24.6 Å². The summed E-state index contributed by atoms with van der Waals surface area (Å²) in [4.78, 5) is 13.7. The van der Waals surface area contributed by atoms with Crippen LogP contribution in [0.5, 0.6) is 0 Å². The maximum absolute atomic E-state index is 12.9. The molecule has 0 spiro atoms. The molecule has 1 aliphatic heterocycles. The maximum Gasteiger partial charge on any atom is 0.416 e. The molecule has 0 saturated carbocycles. The molecule has 2 aromatic carbocycles. The van der Waals surface area contributed by atoms with E-state index in [4.69, 9.17) is 0 Å². The molecule has 182 valence electrons. The van der Waals surface area contributed by atoms with Gasteiger partial charge in [-0.15, -0.1) is 0 Å². The molecule has 0 unspecified atom stereocenters. The number of halogens is 6. The number of benzene rings is 2. The number of hydrogen-bond acceptors (Lipinski definition) is 3. The normalized spacial score (nSPS) is 16.5. The summed E-state index contributed by atoms with van der Waals surface area (Å²) in [6, 6.07) is 8.20. The smallest absolute Gasteiger partial charge is 0.337 e. The molecule has 1 saturated heterocycles. The quantitative estimate of drug-likeness (QED) is 0.337. The second-order valence-corrected chi connectivity index (χ2v) is 9.87. The second-order valence-electron chi connectivity index (χ2n) is 7.57. The van der Waals surface area contributed by atoms with Crippen molar-refractivity contribution in [2.24, 2.45) is 0 Å². The second kappa shape index (κ2) is 9.65. The largest absolute Gasteiger partial charge is 0.416 e. The number of amides is 1. The predicted octanol–water partition coefficient (Wildman–Crippen LogP) is 4.97. The molecule has 1 amide bonds. The van der Waals surface area contributed by atoms with Crippen LogP contribution in [0, 0.1) is 0 Å². The van der Waals surface area contributed by atoms with Crippen LogP contribution < -0.4 is 0 Å². The molecule has 11 heteroatoms. The molecule has 1 aliphatic rings. The Morgan fingerprint density at radius 3 is 1.56 bits per heavy atom. The fourth-order valence-electron chi connectivity index (χ4n) is 3.30. The molecule has 0 N–H and O–H groups in total. The van der Waals surface area contributed by atoms with Crippen LogP contribution in [0.25, 0.3) is 5.57 Å². The van der Waals surface area contributed by atoms with Gasteiger partial charge in [0.25, 0.3) is 0 Å². The third-order valence-corrected chi connectivity index (χ3v) is 6.81. The van der Waals surface area contributed by atoms with Crippen LogP contribution in [-0.2, 0) is 27.0 Å². The van der Waals surface area contributed by atoms with Crippen molar-refractivity contribution >= 4 is 21.3 Å². The summed E-state index contributed by atoms with van der Waals surface area (Å²) in [5, 5.41) is 0. The molecule has 0 radical (unpaired) electrons. The van der Waals surface area contributed by atoms with E-state index in [2.05, 4.69) is 0 Å². The van der Waals surface area contributed by atoms with Crippen molar-refractivity contribution in [2.45, 2.75) is 12.4 Å². The molecule has 2 aromatic rings. The molecule has 0 atom stereocenters. The minimum absolute atomic E-state index is 0.0416. The highest BCUT2D eigenvalue weighted by atomic mass is 32.2. The molecule has 4 nitrogen and oxygen atoms in total. The van der Waals surface area contributed by atoms with E-state index in [1.54, 1.807) is 0 Å². The van der Waals surface area contributed by atoms with Gasteiger partial charge in [-0.1, -0.05) is 36.4 Å². The van der Waals surface area contributed by atoms with E-state index in [9.17, 15) is 39.6 Å². The Balaban J connectivity index is 1.90. The molecular formula is C23H19F6NO3S. The van der Waals surface area contributed by atoms with Crippen LogP contribution in [0.3, 0.4) is 0 Å². The van der Waals surface area contributed by atoms with Gasteiger partial charge in [0.15, 0.2) is 9.84 Å². The fourth-order valence-corrected chi connectivity index (χ4v) is 4.50. The van der Waals surface area contributed by atoms with Crippen LogP contribution in [-0.4, -0.2) is 43.8 Å². The van der Waals surface area contributed by atoms with Gasteiger partial charge in [0.05, 0.1) is 22.6 Å². The van der Waals surface area contributed by atoms with E-state index in [-0.39, 0.29) is 24.6 Å². The molecule has 1 heterocycles. The lowest BCUT2D eigenvalue weighted by Crippen LogP contribution is -2.43. The van der Waals surface area contributed by atoms with E-state index >= 15 is 0 Å². The third-order valence-electron chi connectivity index (χ3n) is 5.20. The zero-order chi connectivity index (χ0) is 25.1. The van der Waals surface area contributed by atoms with Gasteiger partial charge in [-0.2, -0.15) is 26.3 Å². The Bertz CT molecular complexity index is 1120. The van der Waals surface area contributed by atoms with Crippen molar-refractivity contribution in [1.82, 2.24) is 4.90 Å². The Morgan fingerprint density at radius 2 is 1.18 bits per heavy atom. The summed E-state index contributed by atoms with van der Waals surface area (Å²) >= 11 is 0. The highest BCUT2D eigenvalue weighted by Crippen LogP contribution is 2.33. The predicted molar refractivity (Wildman–Crippen MR) is 114 cm³/mol. The molecule has 1 fully saturated rings. The molecule has 34 heavy (non-hydrogen) atoms. The van der Waals surface area contributed by atoms with Gasteiger partial charge in [-0.05, 0) is 41.0 Å². The number of allylic oxidation sites excluding steroid dienone is 2. The van der Waals surface area contributed by atoms with Crippen LogP contribution in [0.1, 0.15) is 22.3 Å². The van der Waals surface area contributed by atoms with Crippen LogP contribution in [0.4, 0.5) is 26.3 Å². The van der Waals surface area contributed by atoms with Gasteiger partial charge in [0, 0.05) is 19.2 Å². The lowest BCUT2D eigenvalue weighted by Gasteiger charge is -2.25. The van der Waals surface area contributed by atoms with Gasteiger partial charge in [0.1, 0.15) is 0 Å². The summed E-state index contributed by atoms with van der Waals surface area (Å²) in [7, 11) is -3.17. The number of rotatable bonds is 4. The molecular weight excluding hydrogens is 484 g/mol. The first-order valence-corrected chi connectivity index (χ1v) is 11.8. The van der Waals surface area contributed by atoms with Crippen molar-refractivity contribution in [3.8, 4) is 0 Å². The minimum Gasteiger partial charge on any atom is -0.337 e. The highest BCUT2D eigenvalue weighted by molar-refractivity contribution is 7.91. The van der Waals surface area contributed by atoms with Crippen molar-refractivity contribution in [3.05, 3.63) is 89.0 Å². The number of alkyl halides is 6. The Kier molecular flexibility index (Phi) is 7.25. The van der Waals surface area contributed by atoms with Crippen LogP contribution in [0.2, 0.25) is 0 Å². The number of carbonyl (C=O) groups is 1. The minimum atomic E-state index is -4.55. The van der Waals surface area contributed by atoms with Crippen LogP contribution in [0.15, 0.2) is 66.8 Å². The highest BCUT2D eigenvalue weighted by Gasteiger charge is 2.31. The van der Waals surface area contributed by atoms with Gasteiger partial charge in [0.2, 0.25) is 5.91 Å².